The lowest BCUT2D eigenvalue weighted by atomic mass is 10.0. The number of pyridine rings is 1. The van der Waals surface area contributed by atoms with E-state index in [2.05, 4.69) is 42.5 Å². The number of thiophene rings is 1. The quantitative estimate of drug-likeness (QED) is 0.454. The fourth-order valence-electron chi connectivity index (χ4n) is 3.59. The zero-order chi connectivity index (χ0) is 21.1. The largest absolute Gasteiger partial charge is 0.352 e. The van der Waals surface area contributed by atoms with Gasteiger partial charge in [-0.25, -0.2) is 0 Å². The van der Waals surface area contributed by atoms with Crippen molar-refractivity contribution >= 4 is 56.2 Å². The van der Waals surface area contributed by atoms with E-state index in [1.807, 2.05) is 55.5 Å². The third kappa shape index (κ3) is 4.55. The van der Waals surface area contributed by atoms with E-state index >= 15 is 0 Å². The molecule has 0 unspecified atom stereocenters. The number of thiocarbonyl (C=S) groups is 1. The highest BCUT2D eigenvalue weighted by molar-refractivity contribution is 9.11. The summed E-state index contributed by atoms with van der Waals surface area (Å²) >= 11 is 10.9. The lowest BCUT2D eigenvalue weighted by Gasteiger charge is -2.26. The molecule has 0 radical (unpaired) electrons. The number of aromatic nitrogens is 1. The van der Waals surface area contributed by atoms with Gasteiger partial charge in [0.05, 0.1) is 21.6 Å². The molecule has 2 atom stereocenters. The number of aryl methyl sites for hydroxylation is 1. The molecular weight excluding hydrogens is 480 g/mol. The Morgan fingerprint density at radius 1 is 1.23 bits per heavy atom. The number of nitrogens with one attached hydrogen (secondary N) is 2. The Balaban J connectivity index is 1.52. The van der Waals surface area contributed by atoms with Crippen molar-refractivity contribution in [1.82, 2.24) is 15.2 Å². The molecule has 2 aromatic heterocycles. The number of hydrogen-bond acceptors (Lipinski definition) is 4. The Hall–Kier alpha value is -2.29. The fourth-order valence-corrected chi connectivity index (χ4v) is 5.50. The van der Waals surface area contributed by atoms with E-state index < -0.39 is 0 Å². The molecule has 1 saturated heterocycles. The Kier molecular flexibility index (Phi) is 6.46. The summed E-state index contributed by atoms with van der Waals surface area (Å²) < 4.78 is 1.06. The summed E-state index contributed by atoms with van der Waals surface area (Å²) in [5.74, 6) is -0.0282. The SMILES string of the molecule is Cc1ccccc1NC(=O)CCN1C(=S)N[C@@H](c2ccccn2)[C@H]1c1ccc(Br)s1. The molecule has 1 fully saturated rings. The first kappa shape index (κ1) is 21.0. The highest BCUT2D eigenvalue weighted by Crippen LogP contribution is 2.42. The minimum absolute atomic E-state index is 0.0186. The van der Waals surface area contributed by atoms with E-state index in [1.165, 1.54) is 4.88 Å². The van der Waals surface area contributed by atoms with Crippen LogP contribution >= 0.6 is 39.5 Å². The molecule has 1 aromatic carbocycles. The molecule has 3 heterocycles. The van der Waals surface area contributed by atoms with Crippen LogP contribution in [0.5, 0.6) is 0 Å². The number of anilines is 1. The third-order valence-electron chi connectivity index (χ3n) is 5.08. The summed E-state index contributed by atoms with van der Waals surface area (Å²) in [6, 6.07) is 17.7. The van der Waals surface area contributed by atoms with Crippen LogP contribution in [0.25, 0.3) is 0 Å². The monoisotopic (exact) mass is 500 g/mol. The number of carbonyl (C=O) groups excluding carboxylic acids is 1. The van der Waals surface area contributed by atoms with E-state index in [1.54, 1.807) is 17.5 Å². The average Bonchev–Trinajstić information content (AvgIpc) is 3.31. The number of para-hydroxylation sites is 1. The fraction of sp³-hybridized carbons (Fsp3) is 0.227. The van der Waals surface area contributed by atoms with Gasteiger partial charge in [-0.15, -0.1) is 11.3 Å². The molecule has 4 rings (SSSR count). The topological polar surface area (TPSA) is 57.3 Å². The van der Waals surface area contributed by atoms with Gasteiger partial charge in [-0.2, -0.15) is 0 Å². The van der Waals surface area contributed by atoms with Crippen LogP contribution in [0.4, 0.5) is 5.69 Å². The predicted molar refractivity (Wildman–Crippen MR) is 129 cm³/mol. The molecule has 5 nitrogen and oxygen atoms in total. The van der Waals surface area contributed by atoms with Crippen molar-refractivity contribution in [2.75, 3.05) is 11.9 Å². The Bertz CT molecular complexity index is 1060. The standard InChI is InChI=1S/C22H21BrN4OS2/c1-14-6-2-3-7-15(14)25-19(28)11-13-27-21(17-9-10-18(23)30-17)20(26-22(27)29)16-8-4-5-12-24-16/h2-10,12,20-21H,11,13H2,1H3,(H,25,28)(H,26,29)/t20-,21+/m0/s1. The Morgan fingerprint density at radius 3 is 2.73 bits per heavy atom. The number of halogens is 1. The molecule has 3 aromatic rings. The van der Waals surface area contributed by atoms with E-state index in [9.17, 15) is 4.79 Å². The number of rotatable bonds is 6. The van der Waals surface area contributed by atoms with Gasteiger partial charge in [0, 0.05) is 29.7 Å². The van der Waals surface area contributed by atoms with Gasteiger partial charge in [0.2, 0.25) is 5.91 Å². The molecule has 0 aliphatic carbocycles. The lowest BCUT2D eigenvalue weighted by Crippen LogP contribution is -2.32. The normalized spacial score (nSPS) is 18.3. The van der Waals surface area contributed by atoms with Crippen LogP contribution in [0.1, 0.15) is 34.6 Å². The predicted octanol–water partition coefficient (Wildman–Crippen LogP) is 5.22. The van der Waals surface area contributed by atoms with Gasteiger partial charge in [0.25, 0.3) is 0 Å². The van der Waals surface area contributed by atoms with E-state index in [0.29, 0.717) is 18.1 Å². The minimum Gasteiger partial charge on any atom is -0.352 e. The molecule has 1 aliphatic rings. The average molecular weight is 501 g/mol. The lowest BCUT2D eigenvalue weighted by molar-refractivity contribution is -0.116. The summed E-state index contributed by atoms with van der Waals surface area (Å²) in [7, 11) is 0. The maximum absolute atomic E-state index is 12.6. The molecule has 0 saturated carbocycles. The van der Waals surface area contributed by atoms with Crippen LogP contribution in [0.2, 0.25) is 0 Å². The zero-order valence-corrected chi connectivity index (χ0v) is 19.6. The Morgan fingerprint density at radius 2 is 2.03 bits per heavy atom. The molecule has 2 N–H and O–H groups in total. The first-order valence-electron chi connectivity index (χ1n) is 9.61. The smallest absolute Gasteiger partial charge is 0.226 e. The van der Waals surface area contributed by atoms with Crippen LogP contribution in [0, 0.1) is 6.92 Å². The summed E-state index contributed by atoms with van der Waals surface area (Å²) in [5, 5.41) is 7.06. The van der Waals surface area contributed by atoms with Gasteiger partial charge in [0.1, 0.15) is 0 Å². The van der Waals surface area contributed by atoms with E-state index in [4.69, 9.17) is 12.2 Å². The highest BCUT2D eigenvalue weighted by atomic mass is 79.9. The molecule has 1 amide bonds. The van der Waals surface area contributed by atoms with Crippen molar-refractivity contribution in [1.29, 1.82) is 0 Å². The number of benzene rings is 1. The third-order valence-corrected chi connectivity index (χ3v) is 7.13. The van der Waals surface area contributed by atoms with E-state index in [-0.39, 0.29) is 18.0 Å². The second kappa shape index (κ2) is 9.24. The molecule has 154 valence electrons. The second-order valence-electron chi connectivity index (χ2n) is 7.07. The molecule has 0 bridgehead atoms. The molecule has 0 spiro atoms. The van der Waals surface area contributed by atoms with Gasteiger partial charge in [0.15, 0.2) is 5.11 Å². The summed E-state index contributed by atoms with van der Waals surface area (Å²) in [6.07, 6.45) is 2.13. The zero-order valence-electron chi connectivity index (χ0n) is 16.3. The summed E-state index contributed by atoms with van der Waals surface area (Å²) in [5.41, 5.74) is 2.82. The minimum atomic E-state index is -0.0660. The van der Waals surface area contributed by atoms with Crippen molar-refractivity contribution in [3.05, 3.63) is 80.7 Å². The maximum Gasteiger partial charge on any atom is 0.226 e. The first-order valence-corrected chi connectivity index (χ1v) is 11.6. The van der Waals surface area contributed by atoms with Crippen LogP contribution in [0.15, 0.2) is 64.6 Å². The van der Waals surface area contributed by atoms with Crippen molar-refractivity contribution < 1.29 is 4.79 Å². The highest BCUT2D eigenvalue weighted by Gasteiger charge is 2.40. The van der Waals surface area contributed by atoms with Crippen LogP contribution in [-0.4, -0.2) is 27.4 Å². The summed E-state index contributed by atoms with van der Waals surface area (Å²) in [6.45, 7) is 2.50. The van der Waals surface area contributed by atoms with Gasteiger partial charge in [-0.1, -0.05) is 24.3 Å². The molecule has 8 heteroatoms. The van der Waals surface area contributed by atoms with Crippen molar-refractivity contribution in [2.45, 2.75) is 25.4 Å². The van der Waals surface area contributed by atoms with Crippen molar-refractivity contribution in [3.63, 3.8) is 0 Å². The maximum atomic E-state index is 12.6. The number of amides is 1. The van der Waals surface area contributed by atoms with Crippen molar-refractivity contribution in [3.8, 4) is 0 Å². The van der Waals surface area contributed by atoms with E-state index in [0.717, 1.165) is 20.7 Å². The first-order chi connectivity index (χ1) is 14.5. The molecule has 1 aliphatic heterocycles. The second-order valence-corrected chi connectivity index (χ2v) is 9.96. The van der Waals surface area contributed by atoms with Crippen LogP contribution < -0.4 is 10.6 Å². The van der Waals surface area contributed by atoms with Gasteiger partial charge in [-0.3, -0.25) is 9.78 Å². The van der Waals surface area contributed by atoms with Gasteiger partial charge in [-0.05, 0) is 71.0 Å². The van der Waals surface area contributed by atoms with Gasteiger partial charge < -0.3 is 15.5 Å². The molecular formula is C22H21BrN4OS2. The Labute approximate surface area is 193 Å². The van der Waals surface area contributed by atoms with Crippen LogP contribution in [0.3, 0.4) is 0 Å². The van der Waals surface area contributed by atoms with Gasteiger partial charge >= 0.3 is 0 Å². The number of nitrogens with zero attached hydrogens (tertiary/aromatic N) is 2. The number of hydrogen-bond donors (Lipinski definition) is 2. The van der Waals surface area contributed by atoms with Crippen LogP contribution in [-0.2, 0) is 4.79 Å². The molecule has 30 heavy (non-hydrogen) atoms. The van der Waals surface area contributed by atoms with Crippen molar-refractivity contribution in [2.24, 2.45) is 0 Å². The summed E-state index contributed by atoms with van der Waals surface area (Å²) in [4.78, 5) is 20.4. The number of carbonyl (C=O) groups is 1.